The maximum Gasteiger partial charge on any atom is 0.0814 e. The van der Waals surface area contributed by atoms with Gasteiger partial charge in [0.15, 0.2) is 0 Å². The van der Waals surface area contributed by atoms with Crippen LogP contribution >= 0.6 is 0 Å². The van der Waals surface area contributed by atoms with Gasteiger partial charge in [-0.15, -0.1) is 0 Å². The van der Waals surface area contributed by atoms with Crippen molar-refractivity contribution in [3.63, 3.8) is 0 Å². The van der Waals surface area contributed by atoms with Gasteiger partial charge in [0.25, 0.3) is 0 Å². The van der Waals surface area contributed by atoms with Crippen molar-refractivity contribution in [2.45, 2.75) is 0 Å². The van der Waals surface area contributed by atoms with Gasteiger partial charge in [-0.3, -0.25) is 0 Å². The molecular formula is H3BCrMoNi. The molecule has 0 aliphatic rings. The molecule has 28 valence electrons. The van der Waals surface area contributed by atoms with Crippen molar-refractivity contribution >= 4 is 8.41 Å². The van der Waals surface area contributed by atoms with Gasteiger partial charge in [0.05, 0.1) is 8.41 Å². The fourth-order valence-corrected chi connectivity index (χ4v) is 0. The Hall–Kier alpha value is 1.78. The molecule has 0 amide bonds. The minimum atomic E-state index is 0. The molecule has 0 saturated heterocycles. The van der Waals surface area contributed by atoms with Crippen molar-refractivity contribution in [3.8, 4) is 0 Å². The fourth-order valence-electron chi connectivity index (χ4n) is 0. The number of rotatable bonds is 0. The molecule has 4 heteroatoms. The van der Waals surface area contributed by atoms with E-state index in [1.165, 1.54) is 0 Å². The first-order chi connectivity index (χ1) is 0. The van der Waals surface area contributed by atoms with Gasteiger partial charge < -0.3 is 0 Å². The van der Waals surface area contributed by atoms with Crippen molar-refractivity contribution in [2.75, 3.05) is 0 Å². The molecular weight excluding hydrogens is 217 g/mol. The van der Waals surface area contributed by atoms with E-state index in [1.807, 2.05) is 0 Å². The van der Waals surface area contributed by atoms with Crippen LogP contribution < -0.4 is 0 Å². The summed E-state index contributed by atoms with van der Waals surface area (Å²) in [6, 6.07) is 0. The minimum absolute atomic E-state index is 0. The molecule has 0 unspecified atom stereocenters. The van der Waals surface area contributed by atoms with Crippen LogP contribution in [0.4, 0.5) is 0 Å². The topological polar surface area (TPSA) is 0 Å². The van der Waals surface area contributed by atoms with Gasteiger partial charge in [-0.2, -0.15) is 0 Å². The average Bonchev–Trinajstić information content (AvgIpc) is 0. The number of hydrogen-bond donors (Lipinski definition) is 0. The summed E-state index contributed by atoms with van der Waals surface area (Å²) >= 11 is 0. The summed E-state index contributed by atoms with van der Waals surface area (Å²) in [7, 11) is 0. The first-order valence-corrected chi connectivity index (χ1v) is 0. The summed E-state index contributed by atoms with van der Waals surface area (Å²) < 4.78 is 0. The third kappa shape index (κ3) is 9.22. The van der Waals surface area contributed by atoms with Crippen LogP contribution in [0.2, 0.25) is 0 Å². The minimum Gasteiger partial charge on any atom is 0 e. The molecule has 0 atom stereocenters. The van der Waals surface area contributed by atoms with Crippen LogP contribution in [0.25, 0.3) is 0 Å². The van der Waals surface area contributed by atoms with Crippen molar-refractivity contribution in [1.82, 2.24) is 0 Å². The van der Waals surface area contributed by atoms with Crippen LogP contribution in [-0.4, -0.2) is 8.41 Å². The molecule has 0 aromatic heterocycles. The van der Waals surface area contributed by atoms with Gasteiger partial charge in [0.2, 0.25) is 0 Å². The normalized spacial score (nSPS) is 0. The maximum atomic E-state index is 0. The van der Waals surface area contributed by atoms with Gasteiger partial charge in [-0.05, 0) is 0 Å². The summed E-state index contributed by atoms with van der Waals surface area (Å²) in [6.45, 7) is 0. The van der Waals surface area contributed by atoms with Gasteiger partial charge in [0.1, 0.15) is 0 Å². The molecule has 0 rings (SSSR count). The molecule has 4 heavy (non-hydrogen) atoms. The number of hydrogen-bond acceptors (Lipinski definition) is 0. The first-order valence-electron chi connectivity index (χ1n) is 0. The van der Waals surface area contributed by atoms with Crippen molar-refractivity contribution in [3.05, 3.63) is 0 Å². The van der Waals surface area contributed by atoms with Crippen molar-refractivity contribution < 1.29 is 54.9 Å². The molecule has 0 spiro atoms. The summed E-state index contributed by atoms with van der Waals surface area (Å²) in [5.41, 5.74) is 0. The predicted octanol–water partition coefficient (Wildman–Crippen LogP) is -1.19. The SMILES string of the molecule is B.[Cr].[Mo].[Ni]. The Bertz CT molecular complexity index is 8.00. The standard InChI is InChI=1S/BH3.Cr.Mo.Ni/h1H3;;;. The summed E-state index contributed by atoms with van der Waals surface area (Å²) in [5, 5.41) is 0. The monoisotopic (exact) mass is 222 g/mol. The second-order valence-electron chi connectivity index (χ2n) is 0. The van der Waals surface area contributed by atoms with E-state index in [-0.39, 0.29) is 63.3 Å². The summed E-state index contributed by atoms with van der Waals surface area (Å²) in [6.07, 6.45) is 0. The van der Waals surface area contributed by atoms with E-state index >= 15 is 0 Å². The quantitative estimate of drug-likeness (QED) is 0.450. The molecule has 0 fully saturated rings. The molecule has 0 aromatic carbocycles. The Kier molecular flexibility index (Phi) is 225. The Morgan fingerprint density at radius 1 is 1.00 bits per heavy atom. The molecule has 0 aliphatic carbocycles. The van der Waals surface area contributed by atoms with Gasteiger partial charge in [-0.25, -0.2) is 0 Å². The van der Waals surface area contributed by atoms with Crippen molar-refractivity contribution in [2.24, 2.45) is 0 Å². The zero-order valence-electron chi connectivity index (χ0n) is 1.13. The zero-order valence-corrected chi connectivity index (χ0v) is 5.40. The van der Waals surface area contributed by atoms with E-state index < -0.39 is 0 Å². The van der Waals surface area contributed by atoms with E-state index in [2.05, 4.69) is 0 Å². The molecule has 0 aromatic rings. The third-order valence-corrected chi connectivity index (χ3v) is 0. The third-order valence-electron chi connectivity index (χ3n) is 0. The van der Waals surface area contributed by atoms with Crippen LogP contribution in [-0.2, 0) is 54.9 Å². The Labute approximate surface area is 63.0 Å². The van der Waals surface area contributed by atoms with Crippen molar-refractivity contribution in [1.29, 1.82) is 0 Å². The molecule has 0 nitrogen and oxygen atoms in total. The molecule has 0 saturated carbocycles. The molecule has 0 radical (unpaired) electrons. The van der Waals surface area contributed by atoms with Gasteiger partial charge >= 0.3 is 0 Å². The second kappa shape index (κ2) is 21.6. The smallest absolute Gasteiger partial charge is 0 e. The van der Waals surface area contributed by atoms with E-state index in [0.29, 0.717) is 0 Å². The van der Waals surface area contributed by atoms with E-state index in [4.69, 9.17) is 0 Å². The van der Waals surface area contributed by atoms with Crippen LogP contribution in [0.3, 0.4) is 0 Å². The van der Waals surface area contributed by atoms with E-state index in [0.717, 1.165) is 0 Å². The Balaban J connectivity index is 0. The van der Waals surface area contributed by atoms with Crippen LogP contribution in [0.5, 0.6) is 0 Å². The van der Waals surface area contributed by atoms with Gasteiger partial charge in [0, 0.05) is 54.9 Å². The largest absolute Gasteiger partial charge is 0.0814 e. The van der Waals surface area contributed by atoms with Crippen LogP contribution in [0.15, 0.2) is 0 Å². The maximum absolute atomic E-state index is 0. The second-order valence-corrected chi connectivity index (χ2v) is 0. The molecule has 0 aliphatic heterocycles. The molecule has 0 bridgehead atoms. The van der Waals surface area contributed by atoms with E-state index in [1.54, 1.807) is 0 Å². The first kappa shape index (κ1) is 41.7. The summed E-state index contributed by atoms with van der Waals surface area (Å²) in [4.78, 5) is 0. The zero-order chi connectivity index (χ0) is 0. The molecule has 0 heterocycles. The molecule has 0 N–H and O–H groups in total. The average molecular weight is 220 g/mol. The van der Waals surface area contributed by atoms with E-state index in [9.17, 15) is 0 Å². The van der Waals surface area contributed by atoms with Crippen LogP contribution in [0, 0.1) is 0 Å². The fraction of sp³-hybridized carbons (Fsp3) is 0. The Morgan fingerprint density at radius 2 is 1.00 bits per heavy atom. The predicted molar refractivity (Wildman–Crippen MR) is 9.94 cm³/mol. The Morgan fingerprint density at radius 3 is 1.00 bits per heavy atom. The summed E-state index contributed by atoms with van der Waals surface area (Å²) in [5.74, 6) is 0. The van der Waals surface area contributed by atoms with Crippen LogP contribution in [0.1, 0.15) is 0 Å². The van der Waals surface area contributed by atoms with Gasteiger partial charge in [-0.1, -0.05) is 0 Å².